The molecule has 0 rings (SSSR count). The monoisotopic (exact) mass is 318 g/mol. The molecule has 126 valence electrons. The first-order valence-electron chi connectivity index (χ1n) is 6.88. The summed E-state index contributed by atoms with van der Waals surface area (Å²) in [7, 11) is 2.28. The van der Waals surface area contributed by atoms with Crippen LogP contribution in [0, 0.1) is 11.8 Å². The van der Waals surface area contributed by atoms with Crippen molar-refractivity contribution in [1.82, 2.24) is 0 Å². The Hall–Kier alpha value is -2.12. The topological polar surface area (TPSA) is 105 Å². The highest BCUT2D eigenvalue weighted by Crippen LogP contribution is 2.24. The normalized spacial score (nSPS) is 12.7. The number of hydrogen-bond acceptors (Lipinski definition) is 8. The lowest BCUT2D eigenvalue weighted by Gasteiger charge is -2.22. The van der Waals surface area contributed by atoms with Crippen LogP contribution in [0.3, 0.4) is 0 Å². The van der Waals surface area contributed by atoms with Gasteiger partial charge in [0.1, 0.15) is 0 Å². The second-order valence-corrected chi connectivity index (χ2v) is 4.28. The van der Waals surface area contributed by atoms with Crippen molar-refractivity contribution in [2.45, 2.75) is 26.7 Å². The molecular weight excluding hydrogens is 296 g/mol. The van der Waals surface area contributed by atoms with Gasteiger partial charge in [0, 0.05) is 0 Å². The molecule has 8 nitrogen and oxygen atoms in total. The number of rotatable bonds is 9. The van der Waals surface area contributed by atoms with Gasteiger partial charge in [-0.25, -0.2) is 0 Å². The Morgan fingerprint density at radius 2 is 1.23 bits per heavy atom. The molecule has 0 heterocycles. The number of hydrogen-bond donors (Lipinski definition) is 0. The average Bonchev–Trinajstić information content (AvgIpc) is 2.50. The molecule has 0 aliphatic rings. The van der Waals surface area contributed by atoms with Gasteiger partial charge in [0.2, 0.25) is 0 Å². The first-order valence-corrected chi connectivity index (χ1v) is 6.88. The van der Waals surface area contributed by atoms with Gasteiger partial charge in [-0.05, 0) is 13.8 Å². The first kappa shape index (κ1) is 19.9. The van der Waals surface area contributed by atoms with Crippen molar-refractivity contribution >= 4 is 23.9 Å². The maximum atomic E-state index is 12.0. The van der Waals surface area contributed by atoms with Gasteiger partial charge >= 0.3 is 23.9 Å². The summed E-state index contributed by atoms with van der Waals surface area (Å²) in [5.74, 6) is -5.29. The SMILES string of the molecule is CCOC(=O)CC(C(=O)OCC)C(CC(=O)OC)C(=O)OC. The molecule has 22 heavy (non-hydrogen) atoms. The Balaban J connectivity index is 5.32. The fourth-order valence-electron chi connectivity index (χ4n) is 1.84. The number of ether oxygens (including phenoxy) is 4. The van der Waals surface area contributed by atoms with Gasteiger partial charge in [0.05, 0.1) is 52.1 Å². The predicted octanol–water partition coefficient (Wildman–Crippen LogP) is 0.471. The van der Waals surface area contributed by atoms with E-state index in [4.69, 9.17) is 9.47 Å². The fourth-order valence-corrected chi connectivity index (χ4v) is 1.84. The molecule has 0 fully saturated rings. The maximum Gasteiger partial charge on any atom is 0.310 e. The highest BCUT2D eigenvalue weighted by atomic mass is 16.5. The summed E-state index contributed by atoms with van der Waals surface area (Å²) in [4.78, 5) is 47.0. The average molecular weight is 318 g/mol. The molecule has 8 heteroatoms. The molecule has 0 aliphatic heterocycles. The third-order valence-electron chi connectivity index (χ3n) is 2.89. The minimum absolute atomic E-state index is 0.0737. The quantitative estimate of drug-likeness (QED) is 0.446. The van der Waals surface area contributed by atoms with E-state index < -0.39 is 42.1 Å². The zero-order chi connectivity index (χ0) is 17.1. The van der Waals surface area contributed by atoms with Crippen LogP contribution in [0.2, 0.25) is 0 Å². The molecule has 0 amide bonds. The van der Waals surface area contributed by atoms with Crippen LogP contribution in [-0.4, -0.2) is 51.3 Å². The summed E-state index contributed by atoms with van der Waals surface area (Å²) in [5.41, 5.74) is 0. The van der Waals surface area contributed by atoms with E-state index in [0.29, 0.717) is 0 Å². The van der Waals surface area contributed by atoms with Gasteiger partial charge in [-0.3, -0.25) is 19.2 Å². The van der Waals surface area contributed by atoms with Gasteiger partial charge in [0.25, 0.3) is 0 Å². The van der Waals surface area contributed by atoms with E-state index in [1.54, 1.807) is 13.8 Å². The Kier molecular flexibility index (Phi) is 9.56. The molecule has 0 N–H and O–H groups in total. The van der Waals surface area contributed by atoms with E-state index in [2.05, 4.69) is 9.47 Å². The van der Waals surface area contributed by atoms with Crippen LogP contribution in [-0.2, 0) is 38.1 Å². The van der Waals surface area contributed by atoms with Crippen molar-refractivity contribution < 1.29 is 38.1 Å². The smallest absolute Gasteiger partial charge is 0.310 e. The highest BCUT2D eigenvalue weighted by Gasteiger charge is 2.39. The van der Waals surface area contributed by atoms with Gasteiger partial charge in [-0.2, -0.15) is 0 Å². The molecule has 0 aliphatic carbocycles. The summed E-state index contributed by atoms with van der Waals surface area (Å²) in [6.07, 6.45) is -0.782. The summed E-state index contributed by atoms with van der Waals surface area (Å²) >= 11 is 0. The lowest BCUT2D eigenvalue weighted by atomic mass is 9.86. The molecule has 0 bridgehead atoms. The van der Waals surface area contributed by atoms with E-state index in [1.807, 2.05) is 0 Å². The number of esters is 4. The molecule has 0 saturated heterocycles. The molecule has 0 saturated carbocycles. The maximum absolute atomic E-state index is 12.0. The van der Waals surface area contributed by atoms with Crippen LogP contribution >= 0.6 is 0 Å². The molecule has 2 atom stereocenters. The van der Waals surface area contributed by atoms with E-state index in [0.717, 1.165) is 14.2 Å². The van der Waals surface area contributed by atoms with Crippen molar-refractivity contribution in [2.75, 3.05) is 27.4 Å². The second kappa shape index (κ2) is 10.6. The van der Waals surface area contributed by atoms with Crippen LogP contribution in [0.1, 0.15) is 26.7 Å². The van der Waals surface area contributed by atoms with Crippen LogP contribution in [0.25, 0.3) is 0 Å². The zero-order valence-corrected chi connectivity index (χ0v) is 13.2. The van der Waals surface area contributed by atoms with Crippen molar-refractivity contribution in [2.24, 2.45) is 11.8 Å². The first-order chi connectivity index (χ1) is 10.4. The minimum Gasteiger partial charge on any atom is -0.469 e. The van der Waals surface area contributed by atoms with Crippen molar-refractivity contribution in [3.63, 3.8) is 0 Å². The van der Waals surface area contributed by atoms with Crippen molar-refractivity contribution in [1.29, 1.82) is 0 Å². The van der Waals surface area contributed by atoms with Crippen LogP contribution in [0.4, 0.5) is 0 Å². The Bertz CT molecular complexity index is 404. The summed E-state index contributed by atoms with van der Waals surface area (Å²) in [5, 5.41) is 0. The zero-order valence-electron chi connectivity index (χ0n) is 13.2. The standard InChI is InChI=1S/C14H22O8/c1-5-21-12(16)8-10(14(18)22-6-2)9(13(17)20-4)7-11(15)19-3/h9-10H,5-8H2,1-4H3. The van der Waals surface area contributed by atoms with Gasteiger partial charge in [-0.1, -0.05) is 0 Å². The summed E-state index contributed by atoms with van der Waals surface area (Å²) < 4.78 is 18.8. The minimum atomic E-state index is -1.18. The third-order valence-corrected chi connectivity index (χ3v) is 2.89. The van der Waals surface area contributed by atoms with E-state index >= 15 is 0 Å². The van der Waals surface area contributed by atoms with Gasteiger partial charge in [0.15, 0.2) is 0 Å². The second-order valence-electron chi connectivity index (χ2n) is 4.28. The highest BCUT2D eigenvalue weighted by molar-refractivity contribution is 5.88. The van der Waals surface area contributed by atoms with Gasteiger partial charge < -0.3 is 18.9 Å². The summed E-state index contributed by atoms with van der Waals surface area (Å²) in [6.45, 7) is 3.41. The predicted molar refractivity (Wildman–Crippen MR) is 73.5 cm³/mol. The molecule has 0 aromatic heterocycles. The third kappa shape index (κ3) is 6.55. The number of carbonyl (C=O) groups excluding carboxylic acids is 4. The van der Waals surface area contributed by atoms with Gasteiger partial charge in [-0.15, -0.1) is 0 Å². The molecule has 0 radical (unpaired) electrons. The van der Waals surface area contributed by atoms with Crippen molar-refractivity contribution in [3.05, 3.63) is 0 Å². The number of methoxy groups -OCH3 is 2. The van der Waals surface area contributed by atoms with E-state index in [9.17, 15) is 19.2 Å². The van der Waals surface area contributed by atoms with Crippen LogP contribution < -0.4 is 0 Å². The lowest BCUT2D eigenvalue weighted by Crippen LogP contribution is -2.36. The molecule has 0 aromatic rings. The Labute approximate surface area is 129 Å². The molecule has 0 aromatic carbocycles. The lowest BCUT2D eigenvalue weighted by molar-refractivity contribution is -0.165. The fraction of sp³-hybridized carbons (Fsp3) is 0.714. The van der Waals surface area contributed by atoms with E-state index in [-0.39, 0.29) is 19.6 Å². The largest absolute Gasteiger partial charge is 0.469 e. The molecular formula is C14H22O8. The van der Waals surface area contributed by atoms with E-state index in [1.165, 1.54) is 0 Å². The van der Waals surface area contributed by atoms with Crippen LogP contribution in [0.15, 0.2) is 0 Å². The van der Waals surface area contributed by atoms with Crippen LogP contribution in [0.5, 0.6) is 0 Å². The number of carbonyl (C=O) groups is 4. The Morgan fingerprint density at radius 3 is 1.68 bits per heavy atom. The molecule has 0 spiro atoms. The summed E-state index contributed by atoms with van der Waals surface area (Å²) in [6, 6.07) is 0. The van der Waals surface area contributed by atoms with Crippen molar-refractivity contribution in [3.8, 4) is 0 Å². The Morgan fingerprint density at radius 1 is 0.727 bits per heavy atom. The molecule has 2 unspecified atom stereocenters.